The Kier molecular flexibility index (Phi) is 6.05. The second-order valence-corrected chi connectivity index (χ2v) is 6.27. The van der Waals surface area contributed by atoms with Gasteiger partial charge in [-0.3, -0.25) is 4.79 Å². The number of nitrogens with zero attached hydrogens (tertiary/aromatic N) is 1. The zero-order valence-electron chi connectivity index (χ0n) is 10.5. The summed E-state index contributed by atoms with van der Waals surface area (Å²) < 4.78 is 1.84. The maximum Gasteiger partial charge on any atom is 0.321 e. The highest BCUT2D eigenvalue weighted by Crippen LogP contribution is 2.24. The van der Waals surface area contributed by atoms with Gasteiger partial charge in [0.1, 0.15) is 0 Å². The van der Waals surface area contributed by atoms with E-state index in [0.29, 0.717) is 5.69 Å². The van der Waals surface area contributed by atoms with Crippen LogP contribution in [-0.2, 0) is 4.79 Å². The van der Waals surface area contributed by atoms with E-state index in [4.69, 9.17) is 5.11 Å². The van der Waals surface area contributed by atoms with Crippen molar-refractivity contribution in [2.45, 2.75) is 6.92 Å². The Bertz CT molecular complexity index is 496. The van der Waals surface area contributed by atoms with Gasteiger partial charge in [-0.05, 0) is 56.7 Å². The molecule has 0 aliphatic rings. The average Bonchev–Trinajstić information content (AvgIpc) is 2.32. The molecule has 0 aromatic heterocycles. The Hall–Kier alpha value is -0.830. The van der Waals surface area contributed by atoms with E-state index in [-0.39, 0.29) is 12.6 Å². The number of amides is 2. The largest absolute Gasteiger partial charge is 0.481 e. The number of carbonyl (C=O) groups excluding carboxylic acids is 1. The highest BCUT2D eigenvalue weighted by atomic mass is 127. The minimum atomic E-state index is -0.921. The molecule has 0 aliphatic carbocycles. The lowest BCUT2D eigenvalue weighted by Crippen LogP contribution is -2.36. The van der Waals surface area contributed by atoms with Gasteiger partial charge in [-0.1, -0.05) is 6.92 Å². The number of carboxylic acid groups (broad SMARTS) is 1. The quantitative estimate of drug-likeness (QED) is 0.706. The average molecular weight is 441 g/mol. The lowest BCUT2D eigenvalue weighted by molar-refractivity contribution is -0.141. The van der Waals surface area contributed by atoms with Crippen LogP contribution in [0.1, 0.15) is 6.92 Å². The first kappa shape index (κ1) is 16.2. The molecule has 0 aliphatic heterocycles. The fourth-order valence-corrected chi connectivity index (χ4v) is 2.77. The number of aliphatic carboxylic acids is 1. The fourth-order valence-electron chi connectivity index (χ4n) is 1.37. The molecule has 7 heteroatoms. The minimum Gasteiger partial charge on any atom is -0.481 e. The second-order valence-electron chi connectivity index (χ2n) is 4.17. The summed E-state index contributed by atoms with van der Waals surface area (Å²) in [6.07, 6.45) is 0. The number of hydrogen-bond donors (Lipinski definition) is 2. The van der Waals surface area contributed by atoms with Crippen molar-refractivity contribution in [2.24, 2.45) is 5.92 Å². The van der Waals surface area contributed by atoms with Gasteiger partial charge in [0, 0.05) is 21.6 Å². The Morgan fingerprint density at radius 1 is 1.53 bits per heavy atom. The van der Waals surface area contributed by atoms with Crippen molar-refractivity contribution in [3.05, 3.63) is 26.2 Å². The molecule has 0 fully saturated rings. The predicted octanol–water partition coefficient (Wildman–Crippen LogP) is 3.24. The molecule has 0 spiro atoms. The number of anilines is 1. The standard InChI is InChI=1S/C12H14BrIN2O3/c1-7(11(17)18)6-16(2)12(19)15-10-4-3-8(14)5-9(10)13/h3-5,7H,6H2,1-2H3,(H,15,19)(H,17,18). The minimum absolute atomic E-state index is 0.156. The van der Waals surface area contributed by atoms with Crippen LogP contribution in [0.25, 0.3) is 0 Å². The number of carbonyl (C=O) groups is 2. The first-order valence-corrected chi connectivity index (χ1v) is 7.38. The van der Waals surface area contributed by atoms with Gasteiger partial charge in [-0.25, -0.2) is 4.79 Å². The summed E-state index contributed by atoms with van der Waals surface area (Å²) in [4.78, 5) is 24.0. The van der Waals surface area contributed by atoms with E-state index in [2.05, 4.69) is 43.8 Å². The van der Waals surface area contributed by atoms with Crippen LogP contribution < -0.4 is 5.32 Å². The molecule has 1 aromatic carbocycles. The summed E-state index contributed by atoms with van der Waals surface area (Å²) in [5.74, 6) is -1.52. The summed E-state index contributed by atoms with van der Waals surface area (Å²) in [5, 5.41) is 11.5. The van der Waals surface area contributed by atoms with E-state index in [1.165, 1.54) is 4.90 Å². The van der Waals surface area contributed by atoms with Crippen LogP contribution in [0.3, 0.4) is 0 Å². The molecule has 0 saturated heterocycles. The molecule has 0 saturated carbocycles. The molecule has 0 heterocycles. The van der Waals surface area contributed by atoms with Crippen LogP contribution in [0, 0.1) is 9.49 Å². The lowest BCUT2D eigenvalue weighted by Gasteiger charge is -2.20. The molecule has 1 aromatic rings. The van der Waals surface area contributed by atoms with Gasteiger partial charge in [0.2, 0.25) is 0 Å². The molecule has 0 bridgehead atoms. The molecular weight excluding hydrogens is 427 g/mol. The van der Waals surface area contributed by atoms with Gasteiger partial charge in [0.15, 0.2) is 0 Å². The van der Waals surface area contributed by atoms with Crippen LogP contribution in [0.5, 0.6) is 0 Å². The molecule has 0 radical (unpaired) electrons. The summed E-state index contributed by atoms with van der Waals surface area (Å²) in [5.41, 5.74) is 0.653. The summed E-state index contributed by atoms with van der Waals surface area (Å²) in [6.45, 7) is 1.72. The Balaban J connectivity index is 2.66. The number of halogens is 2. The lowest BCUT2D eigenvalue weighted by atomic mass is 10.2. The number of rotatable bonds is 4. The normalized spacial score (nSPS) is 11.8. The molecular formula is C12H14BrIN2O3. The number of benzene rings is 1. The van der Waals surface area contributed by atoms with Crippen LogP contribution in [0.4, 0.5) is 10.5 Å². The van der Waals surface area contributed by atoms with E-state index < -0.39 is 11.9 Å². The van der Waals surface area contributed by atoms with Crippen molar-refractivity contribution in [2.75, 3.05) is 18.9 Å². The van der Waals surface area contributed by atoms with E-state index in [0.717, 1.165) is 8.04 Å². The predicted molar refractivity (Wildman–Crippen MR) is 85.3 cm³/mol. The van der Waals surface area contributed by atoms with Gasteiger partial charge < -0.3 is 15.3 Å². The number of urea groups is 1. The summed E-state index contributed by atoms with van der Waals surface area (Å²) >= 11 is 5.54. The van der Waals surface area contributed by atoms with E-state index in [1.54, 1.807) is 20.0 Å². The molecule has 19 heavy (non-hydrogen) atoms. The molecule has 1 atom stereocenters. The van der Waals surface area contributed by atoms with Crippen LogP contribution in [-0.4, -0.2) is 35.6 Å². The second kappa shape index (κ2) is 7.09. The van der Waals surface area contributed by atoms with Crippen molar-refractivity contribution in [1.29, 1.82) is 0 Å². The molecule has 1 rings (SSSR count). The third kappa shape index (κ3) is 4.98. The Morgan fingerprint density at radius 2 is 2.16 bits per heavy atom. The summed E-state index contributed by atoms with van der Waals surface area (Å²) in [7, 11) is 1.56. The van der Waals surface area contributed by atoms with E-state index >= 15 is 0 Å². The maximum atomic E-state index is 11.9. The van der Waals surface area contributed by atoms with Crippen molar-refractivity contribution in [3.63, 3.8) is 0 Å². The third-order valence-electron chi connectivity index (χ3n) is 2.49. The van der Waals surface area contributed by atoms with Crippen LogP contribution >= 0.6 is 38.5 Å². The van der Waals surface area contributed by atoms with E-state index in [9.17, 15) is 9.59 Å². The first-order valence-electron chi connectivity index (χ1n) is 5.51. The Morgan fingerprint density at radius 3 is 2.68 bits per heavy atom. The maximum absolute atomic E-state index is 11.9. The van der Waals surface area contributed by atoms with Gasteiger partial charge in [-0.2, -0.15) is 0 Å². The number of nitrogens with one attached hydrogen (secondary N) is 1. The van der Waals surface area contributed by atoms with Gasteiger partial charge >= 0.3 is 12.0 Å². The van der Waals surface area contributed by atoms with Crippen molar-refractivity contribution >= 4 is 56.2 Å². The molecule has 5 nitrogen and oxygen atoms in total. The van der Waals surface area contributed by atoms with Crippen molar-refractivity contribution in [3.8, 4) is 0 Å². The number of hydrogen-bond acceptors (Lipinski definition) is 2. The Labute approximate surface area is 133 Å². The zero-order valence-corrected chi connectivity index (χ0v) is 14.2. The van der Waals surface area contributed by atoms with Gasteiger partial charge in [-0.15, -0.1) is 0 Å². The fraction of sp³-hybridized carbons (Fsp3) is 0.333. The molecule has 104 valence electrons. The van der Waals surface area contributed by atoms with Gasteiger partial charge in [0.25, 0.3) is 0 Å². The molecule has 2 N–H and O–H groups in total. The topological polar surface area (TPSA) is 69.6 Å². The van der Waals surface area contributed by atoms with Crippen molar-refractivity contribution in [1.82, 2.24) is 4.90 Å². The van der Waals surface area contributed by atoms with Gasteiger partial charge in [0.05, 0.1) is 11.6 Å². The zero-order chi connectivity index (χ0) is 14.6. The molecule has 2 amide bonds. The summed E-state index contributed by atoms with van der Waals surface area (Å²) in [6, 6.07) is 5.21. The van der Waals surface area contributed by atoms with E-state index in [1.807, 2.05) is 12.1 Å². The first-order chi connectivity index (χ1) is 8.81. The SMILES string of the molecule is CC(CN(C)C(=O)Nc1ccc(I)cc1Br)C(=O)O. The van der Waals surface area contributed by atoms with Crippen LogP contribution in [0.2, 0.25) is 0 Å². The monoisotopic (exact) mass is 440 g/mol. The number of carboxylic acids is 1. The highest BCUT2D eigenvalue weighted by Gasteiger charge is 2.17. The third-order valence-corrected chi connectivity index (χ3v) is 3.82. The van der Waals surface area contributed by atoms with Crippen LogP contribution in [0.15, 0.2) is 22.7 Å². The smallest absolute Gasteiger partial charge is 0.321 e. The highest BCUT2D eigenvalue weighted by molar-refractivity contribution is 14.1. The van der Waals surface area contributed by atoms with Crippen molar-refractivity contribution < 1.29 is 14.7 Å². The molecule has 1 unspecified atom stereocenters.